The molecule has 16 heavy (non-hydrogen) atoms. The zero-order chi connectivity index (χ0) is 11.0. The highest BCUT2D eigenvalue weighted by Gasteiger charge is 2.42. The summed E-state index contributed by atoms with van der Waals surface area (Å²) in [5.74, 6) is 0.617. The minimum atomic E-state index is 0.242. The van der Waals surface area contributed by atoms with Crippen molar-refractivity contribution in [3.8, 4) is 0 Å². The quantitative estimate of drug-likeness (QED) is 0.693. The average Bonchev–Trinajstić information content (AvgIpc) is 2.80. The highest BCUT2D eigenvalue weighted by molar-refractivity contribution is 5.79. The van der Waals surface area contributed by atoms with E-state index in [9.17, 15) is 4.79 Å². The van der Waals surface area contributed by atoms with Crippen molar-refractivity contribution in [3.63, 3.8) is 0 Å². The summed E-state index contributed by atoms with van der Waals surface area (Å²) in [4.78, 5) is 14.2. The molecule has 4 heteroatoms. The van der Waals surface area contributed by atoms with Crippen molar-refractivity contribution in [1.82, 2.24) is 10.2 Å². The van der Waals surface area contributed by atoms with Gasteiger partial charge in [-0.15, -0.1) is 0 Å². The number of likely N-dealkylation sites (tertiary alicyclic amines) is 1. The van der Waals surface area contributed by atoms with Crippen LogP contribution in [-0.4, -0.2) is 50.2 Å². The van der Waals surface area contributed by atoms with Gasteiger partial charge in [-0.25, -0.2) is 0 Å². The number of nitrogens with zero attached hydrogens (tertiary/aromatic N) is 1. The first-order valence-corrected chi connectivity index (χ1v) is 6.36. The van der Waals surface area contributed by atoms with Gasteiger partial charge in [-0.3, -0.25) is 4.79 Å². The van der Waals surface area contributed by atoms with Gasteiger partial charge in [-0.1, -0.05) is 0 Å². The third-order valence-electron chi connectivity index (χ3n) is 4.36. The number of hydrogen-bond acceptors (Lipinski definition) is 3. The second kappa shape index (κ2) is 4.00. The van der Waals surface area contributed by atoms with E-state index >= 15 is 0 Å². The molecule has 3 aliphatic heterocycles. The van der Waals surface area contributed by atoms with Gasteiger partial charge >= 0.3 is 0 Å². The monoisotopic (exact) mass is 224 g/mol. The van der Waals surface area contributed by atoms with E-state index in [4.69, 9.17) is 4.74 Å². The first kappa shape index (κ1) is 10.5. The lowest BCUT2D eigenvalue weighted by molar-refractivity contribution is -0.155. The molecule has 3 fully saturated rings. The number of amides is 1. The van der Waals surface area contributed by atoms with Gasteiger partial charge in [0.15, 0.2) is 0 Å². The predicted octanol–water partition coefficient (Wildman–Crippen LogP) is 0.235. The van der Waals surface area contributed by atoms with Gasteiger partial charge in [-0.05, 0) is 25.8 Å². The number of ether oxygens (including phenoxy) is 1. The maximum atomic E-state index is 12.2. The Kier molecular flexibility index (Phi) is 2.64. The molecular formula is C12H20N2O2. The van der Waals surface area contributed by atoms with Crippen molar-refractivity contribution in [2.24, 2.45) is 11.3 Å². The zero-order valence-electron chi connectivity index (χ0n) is 9.71. The molecule has 0 aromatic rings. The minimum Gasteiger partial charge on any atom is -0.380 e. The van der Waals surface area contributed by atoms with Gasteiger partial charge in [0, 0.05) is 25.0 Å². The van der Waals surface area contributed by atoms with E-state index in [0.717, 1.165) is 58.7 Å². The van der Waals surface area contributed by atoms with E-state index in [1.807, 2.05) is 0 Å². The summed E-state index contributed by atoms with van der Waals surface area (Å²) in [6.07, 6.45) is 3.29. The Morgan fingerprint density at radius 2 is 2.06 bits per heavy atom. The van der Waals surface area contributed by atoms with Crippen molar-refractivity contribution in [1.29, 1.82) is 0 Å². The van der Waals surface area contributed by atoms with Gasteiger partial charge in [0.1, 0.15) is 0 Å². The first-order chi connectivity index (χ1) is 7.79. The van der Waals surface area contributed by atoms with Crippen molar-refractivity contribution in [3.05, 3.63) is 0 Å². The second-order valence-electron chi connectivity index (χ2n) is 5.51. The van der Waals surface area contributed by atoms with Crippen LogP contribution in [0.5, 0.6) is 0 Å². The Labute approximate surface area is 96.3 Å². The number of carbonyl (C=O) groups excluding carboxylic acids is 1. The van der Waals surface area contributed by atoms with Crippen molar-refractivity contribution in [2.45, 2.75) is 19.3 Å². The molecule has 1 atom stereocenters. The number of carbonyl (C=O) groups is 1. The van der Waals surface area contributed by atoms with Gasteiger partial charge < -0.3 is 15.0 Å². The highest BCUT2D eigenvalue weighted by atomic mass is 16.5. The SMILES string of the molecule is O=C([C@@H]1CCNC1)N1CCC2(CC1)COC2. The molecule has 0 unspecified atom stereocenters. The molecule has 1 amide bonds. The first-order valence-electron chi connectivity index (χ1n) is 6.36. The largest absolute Gasteiger partial charge is 0.380 e. The van der Waals surface area contributed by atoms with E-state index in [2.05, 4.69) is 10.2 Å². The smallest absolute Gasteiger partial charge is 0.227 e. The summed E-state index contributed by atoms with van der Waals surface area (Å²) >= 11 is 0. The maximum Gasteiger partial charge on any atom is 0.227 e. The maximum absolute atomic E-state index is 12.2. The zero-order valence-corrected chi connectivity index (χ0v) is 9.71. The van der Waals surface area contributed by atoms with Crippen LogP contribution in [0.2, 0.25) is 0 Å². The third-order valence-corrected chi connectivity index (χ3v) is 4.36. The van der Waals surface area contributed by atoms with Gasteiger partial charge in [0.05, 0.1) is 19.1 Å². The Hall–Kier alpha value is -0.610. The molecule has 3 saturated heterocycles. The van der Waals surface area contributed by atoms with Crippen molar-refractivity contribution in [2.75, 3.05) is 39.4 Å². The summed E-state index contributed by atoms with van der Waals surface area (Å²) in [7, 11) is 0. The van der Waals surface area contributed by atoms with Crippen LogP contribution >= 0.6 is 0 Å². The third kappa shape index (κ3) is 1.74. The molecule has 0 aliphatic carbocycles. The highest BCUT2D eigenvalue weighted by Crippen LogP contribution is 2.38. The Bertz CT molecular complexity index is 273. The van der Waals surface area contributed by atoms with Crippen LogP contribution in [0.4, 0.5) is 0 Å². The van der Waals surface area contributed by atoms with Crippen LogP contribution in [0.15, 0.2) is 0 Å². The molecule has 3 aliphatic rings. The van der Waals surface area contributed by atoms with Crippen molar-refractivity contribution < 1.29 is 9.53 Å². The fourth-order valence-electron chi connectivity index (χ4n) is 3.00. The molecule has 0 bridgehead atoms. The lowest BCUT2D eigenvalue weighted by atomic mass is 9.76. The molecule has 4 nitrogen and oxygen atoms in total. The van der Waals surface area contributed by atoms with Gasteiger partial charge in [-0.2, -0.15) is 0 Å². The van der Waals surface area contributed by atoms with E-state index in [1.54, 1.807) is 0 Å². The molecule has 3 heterocycles. The lowest BCUT2D eigenvalue weighted by Crippen LogP contribution is -2.53. The number of rotatable bonds is 1. The van der Waals surface area contributed by atoms with E-state index < -0.39 is 0 Å². The standard InChI is InChI=1S/C12H20N2O2/c15-11(10-1-4-13-7-10)14-5-2-12(3-6-14)8-16-9-12/h10,13H,1-9H2/t10-/m1/s1. The molecule has 0 saturated carbocycles. The Morgan fingerprint density at radius 1 is 1.31 bits per heavy atom. The fraction of sp³-hybridized carbons (Fsp3) is 0.917. The second-order valence-corrected chi connectivity index (χ2v) is 5.51. The molecule has 0 aromatic carbocycles. The van der Waals surface area contributed by atoms with Crippen LogP contribution in [0.25, 0.3) is 0 Å². The molecule has 3 rings (SSSR count). The lowest BCUT2D eigenvalue weighted by Gasteiger charge is -2.47. The van der Waals surface area contributed by atoms with Crippen LogP contribution in [-0.2, 0) is 9.53 Å². The molecule has 90 valence electrons. The summed E-state index contributed by atoms with van der Waals surface area (Å²) < 4.78 is 5.30. The number of hydrogen-bond donors (Lipinski definition) is 1. The minimum absolute atomic E-state index is 0.242. The van der Waals surface area contributed by atoms with Crippen LogP contribution in [0.3, 0.4) is 0 Å². The number of piperidine rings is 1. The predicted molar refractivity (Wildman–Crippen MR) is 60.0 cm³/mol. The summed E-state index contributed by atoms with van der Waals surface area (Å²) in [5.41, 5.74) is 0.435. The average molecular weight is 224 g/mol. The Morgan fingerprint density at radius 3 is 2.56 bits per heavy atom. The Balaban J connectivity index is 1.54. The fourth-order valence-corrected chi connectivity index (χ4v) is 3.00. The summed E-state index contributed by atoms with van der Waals surface area (Å²) in [6.45, 7) is 5.60. The van der Waals surface area contributed by atoms with Gasteiger partial charge in [0.25, 0.3) is 0 Å². The van der Waals surface area contributed by atoms with Crippen LogP contribution in [0, 0.1) is 11.3 Å². The van der Waals surface area contributed by atoms with Crippen LogP contribution < -0.4 is 5.32 Å². The molecular weight excluding hydrogens is 204 g/mol. The normalized spacial score (nSPS) is 32.8. The molecule has 0 radical (unpaired) electrons. The summed E-state index contributed by atoms with van der Waals surface area (Å²) in [6, 6.07) is 0. The van der Waals surface area contributed by atoms with E-state index in [0.29, 0.717) is 11.3 Å². The molecule has 1 spiro atoms. The van der Waals surface area contributed by atoms with E-state index in [-0.39, 0.29) is 5.92 Å². The molecule has 1 N–H and O–H groups in total. The van der Waals surface area contributed by atoms with Crippen molar-refractivity contribution >= 4 is 5.91 Å². The topological polar surface area (TPSA) is 41.6 Å². The summed E-state index contributed by atoms with van der Waals surface area (Å²) in [5, 5.41) is 3.26. The van der Waals surface area contributed by atoms with E-state index in [1.165, 1.54) is 0 Å². The van der Waals surface area contributed by atoms with Crippen LogP contribution in [0.1, 0.15) is 19.3 Å². The number of nitrogens with one attached hydrogen (secondary N) is 1. The molecule has 0 aromatic heterocycles. The van der Waals surface area contributed by atoms with Gasteiger partial charge in [0.2, 0.25) is 5.91 Å².